The number of nitrogens with zero attached hydrogens (tertiary/aromatic N) is 1. The molecular formula is C16H20N2OS. The third kappa shape index (κ3) is 2.73. The average molecular weight is 288 g/mol. The Hall–Kier alpha value is -1.36. The van der Waals surface area contributed by atoms with Gasteiger partial charge in [0.25, 0.3) is 0 Å². The Morgan fingerprint density at radius 2 is 2.05 bits per heavy atom. The molecule has 0 unspecified atom stereocenters. The molecule has 1 aliphatic rings. The van der Waals surface area contributed by atoms with E-state index in [0.717, 1.165) is 25.4 Å². The Morgan fingerprint density at radius 1 is 1.25 bits per heavy atom. The minimum Gasteiger partial charge on any atom is -0.496 e. The molecule has 0 amide bonds. The molecule has 1 saturated heterocycles. The molecule has 20 heavy (non-hydrogen) atoms. The normalized spacial score (nSPS) is 23.1. The van der Waals surface area contributed by atoms with Crippen LogP contribution in [0.5, 0.6) is 5.75 Å². The van der Waals surface area contributed by atoms with Crippen molar-refractivity contribution in [3.05, 3.63) is 52.2 Å². The number of benzene rings is 1. The molecular weight excluding hydrogens is 268 g/mol. The highest BCUT2D eigenvalue weighted by Crippen LogP contribution is 2.31. The summed E-state index contributed by atoms with van der Waals surface area (Å²) < 4.78 is 5.39. The topological polar surface area (TPSA) is 38.5 Å². The number of methoxy groups -OCH3 is 1. The predicted molar refractivity (Wildman–Crippen MR) is 83.3 cm³/mol. The minimum atomic E-state index is 0.211. The van der Waals surface area contributed by atoms with E-state index in [2.05, 4.69) is 40.6 Å². The minimum absolute atomic E-state index is 0.211. The molecule has 1 fully saturated rings. The second-order valence-electron chi connectivity index (χ2n) is 5.29. The van der Waals surface area contributed by atoms with E-state index in [4.69, 9.17) is 10.5 Å². The number of thiophene rings is 1. The van der Waals surface area contributed by atoms with Crippen molar-refractivity contribution in [2.75, 3.05) is 20.2 Å². The lowest BCUT2D eigenvalue weighted by molar-refractivity contribution is 0.318. The zero-order valence-electron chi connectivity index (χ0n) is 11.7. The van der Waals surface area contributed by atoms with Crippen molar-refractivity contribution in [3.8, 4) is 5.75 Å². The van der Waals surface area contributed by atoms with E-state index in [-0.39, 0.29) is 6.04 Å². The van der Waals surface area contributed by atoms with Gasteiger partial charge in [0.05, 0.1) is 12.0 Å². The lowest BCUT2D eigenvalue weighted by atomic mass is 9.95. The van der Waals surface area contributed by atoms with E-state index in [1.165, 1.54) is 10.4 Å². The first kappa shape index (κ1) is 13.6. The first-order valence-electron chi connectivity index (χ1n) is 6.91. The maximum atomic E-state index is 6.33. The summed E-state index contributed by atoms with van der Waals surface area (Å²) in [6.07, 6.45) is 0. The van der Waals surface area contributed by atoms with Crippen molar-refractivity contribution in [2.45, 2.75) is 18.5 Å². The van der Waals surface area contributed by atoms with Gasteiger partial charge in [0.2, 0.25) is 0 Å². The molecule has 1 aliphatic heterocycles. The molecule has 0 bridgehead atoms. The smallest absolute Gasteiger partial charge is 0.134 e. The summed E-state index contributed by atoms with van der Waals surface area (Å²) in [6, 6.07) is 12.8. The molecule has 4 heteroatoms. The van der Waals surface area contributed by atoms with Gasteiger partial charge in [-0.15, -0.1) is 11.3 Å². The number of hydrogen-bond donors (Lipinski definition) is 1. The number of likely N-dealkylation sites (tertiary alicyclic amines) is 1. The van der Waals surface area contributed by atoms with Crippen molar-refractivity contribution in [1.82, 2.24) is 4.90 Å². The van der Waals surface area contributed by atoms with Gasteiger partial charge in [0.1, 0.15) is 5.75 Å². The predicted octanol–water partition coefficient (Wildman–Crippen LogP) is 2.68. The van der Waals surface area contributed by atoms with E-state index < -0.39 is 0 Å². The lowest BCUT2D eigenvalue weighted by Crippen LogP contribution is -2.28. The Morgan fingerprint density at radius 3 is 2.80 bits per heavy atom. The van der Waals surface area contributed by atoms with Gasteiger partial charge in [0.15, 0.2) is 0 Å². The molecule has 3 nitrogen and oxygen atoms in total. The molecule has 2 aromatic rings. The van der Waals surface area contributed by atoms with E-state index >= 15 is 0 Å². The molecule has 0 spiro atoms. The highest BCUT2D eigenvalue weighted by molar-refractivity contribution is 7.10. The van der Waals surface area contributed by atoms with Crippen molar-refractivity contribution in [1.29, 1.82) is 0 Å². The van der Waals surface area contributed by atoms with E-state index in [1.54, 1.807) is 18.4 Å². The summed E-state index contributed by atoms with van der Waals surface area (Å²) in [4.78, 5) is 3.71. The molecule has 0 saturated carbocycles. The molecule has 0 radical (unpaired) electrons. The first-order chi connectivity index (χ1) is 9.78. The van der Waals surface area contributed by atoms with E-state index in [0.29, 0.717) is 5.92 Å². The van der Waals surface area contributed by atoms with Crippen LogP contribution in [0.3, 0.4) is 0 Å². The summed E-state index contributed by atoms with van der Waals surface area (Å²) in [5.41, 5.74) is 7.68. The van der Waals surface area contributed by atoms with Gasteiger partial charge < -0.3 is 10.5 Å². The maximum Gasteiger partial charge on any atom is 0.134 e. The Labute approximate surface area is 124 Å². The zero-order chi connectivity index (χ0) is 13.9. The van der Waals surface area contributed by atoms with Gasteiger partial charge in [-0.25, -0.2) is 0 Å². The van der Waals surface area contributed by atoms with Crippen LogP contribution < -0.4 is 10.5 Å². The summed E-state index contributed by atoms with van der Waals surface area (Å²) in [6.45, 7) is 2.89. The van der Waals surface area contributed by atoms with Crippen LogP contribution in [0.2, 0.25) is 0 Å². The molecule has 2 heterocycles. The van der Waals surface area contributed by atoms with Crippen LogP contribution in [0.25, 0.3) is 0 Å². The summed E-state index contributed by atoms with van der Waals surface area (Å²) in [7, 11) is 1.73. The SMILES string of the molecule is COc1ccsc1CN1C[C@@H](N)[C@H](c2ccccc2)C1. The van der Waals surface area contributed by atoms with Gasteiger partial charge in [-0.2, -0.15) is 0 Å². The fourth-order valence-electron chi connectivity index (χ4n) is 2.92. The molecule has 2 N–H and O–H groups in total. The third-order valence-electron chi connectivity index (χ3n) is 3.96. The van der Waals surface area contributed by atoms with Crippen LogP contribution in [-0.4, -0.2) is 31.1 Å². The average Bonchev–Trinajstić information content (AvgIpc) is 3.06. The summed E-state index contributed by atoms with van der Waals surface area (Å²) >= 11 is 1.75. The van der Waals surface area contributed by atoms with E-state index in [9.17, 15) is 0 Å². The lowest BCUT2D eigenvalue weighted by Gasteiger charge is -2.16. The van der Waals surface area contributed by atoms with E-state index in [1.807, 2.05) is 6.07 Å². The van der Waals surface area contributed by atoms with Crippen molar-refractivity contribution in [3.63, 3.8) is 0 Å². The van der Waals surface area contributed by atoms with Crippen LogP contribution in [0.1, 0.15) is 16.4 Å². The Kier molecular flexibility index (Phi) is 4.05. The third-order valence-corrected chi connectivity index (χ3v) is 4.85. The van der Waals surface area contributed by atoms with Crippen LogP contribution in [-0.2, 0) is 6.54 Å². The number of nitrogens with two attached hydrogens (primary N) is 1. The van der Waals surface area contributed by atoms with Crippen molar-refractivity contribution in [2.24, 2.45) is 5.73 Å². The number of ether oxygens (including phenoxy) is 1. The zero-order valence-corrected chi connectivity index (χ0v) is 12.5. The molecule has 0 aliphatic carbocycles. The second kappa shape index (κ2) is 5.95. The summed E-state index contributed by atoms with van der Waals surface area (Å²) in [5.74, 6) is 1.42. The fourth-order valence-corrected chi connectivity index (χ4v) is 3.81. The maximum absolute atomic E-state index is 6.33. The Bertz CT molecular complexity index is 555. The Balaban J connectivity index is 1.69. The van der Waals surface area contributed by atoms with Gasteiger partial charge in [0, 0.05) is 31.6 Å². The van der Waals surface area contributed by atoms with Crippen LogP contribution in [0.4, 0.5) is 0 Å². The summed E-state index contributed by atoms with van der Waals surface area (Å²) in [5, 5.41) is 2.08. The fraction of sp³-hybridized carbons (Fsp3) is 0.375. The molecule has 3 rings (SSSR count). The highest BCUT2D eigenvalue weighted by atomic mass is 32.1. The standard InChI is InChI=1S/C16H20N2OS/c1-19-15-7-8-20-16(15)11-18-9-13(14(17)10-18)12-5-3-2-4-6-12/h2-8,13-14H,9-11,17H2,1H3/t13-,14+/m0/s1. The van der Waals surface area contributed by atoms with Crippen LogP contribution in [0.15, 0.2) is 41.8 Å². The highest BCUT2D eigenvalue weighted by Gasteiger charge is 2.31. The van der Waals surface area contributed by atoms with Crippen LogP contribution >= 0.6 is 11.3 Å². The van der Waals surface area contributed by atoms with Crippen LogP contribution in [0, 0.1) is 0 Å². The van der Waals surface area contributed by atoms with Gasteiger partial charge in [-0.1, -0.05) is 30.3 Å². The van der Waals surface area contributed by atoms with Gasteiger partial charge in [-0.3, -0.25) is 4.90 Å². The van der Waals surface area contributed by atoms with Gasteiger partial charge >= 0.3 is 0 Å². The number of rotatable bonds is 4. The first-order valence-corrected chi connectivity index (χ1v) is 7.79. The molecule has 106 valence electrons. The molecule has 2 atom stereocenters. The number of hydrogen-bond acceptors (Lipinski definition) is 4. The molecule has 1 aromatic heterocycles. The largest absolute Gasteiger partial charge is 0.496 e. The van der Waals surface area contributed by atoms with Gasteiger partial charge in [-0.05, 0) is 17.0 Å². The van der Waals surface area contributed by atoms with Crippen molar-refractivity contribution >= 4 is 11.3 Å². The molecule has 1 aromatic carbocycles. The quantitative estimate of drug-likeness (QED) is 0.940. The monoisotopic (exact) mass is 288 g/mol. The second-order valence-corrected chi connectivity index (χ2v) is 6.29. The van der Waals surface area contributed by atoms with Crippen molar-refractivity contribution < 1.29 is 4.74 Å².